The molecule has 0 saturated carbocycles. The number of carbonyl (C=O) groups excluding carboxylic acids is 1. The molecule has 138 valence electrons. The molecule has 26 heavy (non-hydrogen) atoms. The summed E-state index contributed by atoms with van der Waals surface area (Å²) >= 11 is 1.73. The molecule has 3 heterocycles. The number of hydrogen-bond donors (Lipinski definition) is 0. The van der Waals surface area contributed by atoms with E-state index in [-0.39, 0.29) is 17.2 Å². The van der Waals surface area contributed by atoms with Crippen LogP contribution in [0.5, 0.6) is 0 Å². The molecule has 1 unspecified atom stereocenters. The van der Waals surface area contributed by atoms with E-state index in [2.05, 4.69) is 34.3 Å². The van der Waals surface area contributed by atoms with E-state index in [1.54, 1.807) is 11.3 Å². The molecular weight excluding hydrogens is 342 g/mol. The number of aryl methyl sites for hydroxylation is 1. The van der Waals surface area contributed by atoms with Crippen LogP contribution in [-0.4, -0.2) is 47.4 Å². The van der Waals surface area contributed by atoms with E-state index in [9.17, 15) is 4.79 Å². The highest BCUT2D eigenvalue weighted by Crippen LogP contribution is 2.45. The molecule has 0 aliphatic carbocycles. The lowest BCUT2D eigenvalue weighted by molar-refractivity contribution is -0.139. The summed E-state index contributed by atoms with van der Waals surface area (Å²) in [4.78, 5) is 21.9. The summed E-state index contributed by atoms with van der Waals surface area (Å²) in [5, 5.41) is 3.32. The molecule has 5 heteroatoms. The molecule has 4 rings (SSSR count). The van der Waals surface area contributed by atoms with Crippen molar-refractivity contribution in [1.82, 2.24) is 14.8 Å². The lowest BCUT2D eigenvalue weighted by atomic mass is 9.68. The number of amides is 1. The van der Waals surface area contributed by atoms with Gasteiger partial charge in [-0.25, -0.2) is 4.98 Å². The van der Waals surface area contributed by atoms with E-state index in [0.717, 1.165) is 50.4 Å². The maximum atomic E-state index is 12.8. The standard InChI is InChI=1S/C21H27N3OS/c1-16-22-18(14-26-16)13-24-10-8-21(9-11-24)12-19(20(25)23(2)15-21)17-6-4-3-5-7-17/h3-7,14,19H,8-13,15H2,1-2H3. The Bertz CT molecular complexity index is 765. The lowest BCUT2D eigenvalue weighted by Gasteiger charge is -2.49. The quantitative estimate of drug-likeness (QED) is 0.828. The molecule has 2 aliphatic rings. The summed E-state index contributed by atoms with van der Waals surface area (Å²) < 4.78 is 0. The van der Waals surface area contributed by atoms with E-state index in [4.69, 9.17) is 0 Å². The van der Waals surface area contributed by atoms with Gasteiger partial charge < -0.3 is 4.90 Å². The topological polar surface area (TPSA) is 36.4 Å². The Morgan fingerprint density at radius 2 is 1.96 bits per heavy atom. The Kier molecular flexibility index (Phi) is 4.84. The van der Waals surface area contributed by atoms with Gasteiger partial charge in [-0.1, -0.05) is 30.3 Å². The smallest absolute Gasteiger partial charge is 0.229 e. The Morgan fingerprint density at radius 3 is 2.62 bits per heavy atom. The summed E-state index contributed by atoms with van der Waals surface area (Å²) in [6, 6.07) is 10.3. The molecule has 1 atom stereocenters. The van der Waals surface area contributed by atoms with Crippen molar-refractivity contribution in [3.63, 3.8) is 0 Å². The summed E-state index contributed by atoms with van der Waals surface area (Å²) in [5.41, 5.74) is 2.63. The third-order valence-corrected chi connectivity index (χ3v) is 6.88. The molecule has 2 aromatic rings. The highest BCUT2D eigenvalue weighted by Gasteiger charge is 2.44. The first-order chi connectivity index (χ1) is 12.5. The first-order valence-electron chi connectivity index (χ1n) is 9.48. The minimum Gasteiger partial charge on any atom is -0.345 e. The number of likely N-dealkylation sites (N-methyl/N-ethyl adjacent to an activating group) is 1. The fourth-order valence-corrected chi connectivity index (χ4v) is 5.24. The molecule has 0 radical (unpaired) electrons. The third kappa shape index (κ3) is 3.55. The van der Waals surface area contributed by atoms with Gasteiger partial charge in [-0.05, 0) is 50.3 Å². The number of likely N-dealkylation sites (tertiary alicyclic amines) is 2. The molecule has 1 amide bonds. The predicted octanol–water partition coefficient (Wildman–Crippen LogP) is 3.68. The summed E-state index contributed by atoms with van der Waals surface area (Å²) in [7, 11) is 1.98. The maximum absolute atomic E-state index is 12.8. The number of nitrogens with zero attached hydrogens (tertiary/aromatic N) is 3. The maximum Gasteiger partial charge on any atom is 0.229 e. The molecular formula is C21H27N3OS. The van der Waals surface area contributed by atoms with Crippen LogP contribution in [0.25, 0.3) is 0 Å². The van der Waals surface area contributed by atoms with Crippen molar-refractivity contribution in [3.05, 3.63) is 52.0 Å². The monoisotopic (exact) mass is 369 g/mol. The van der Waals surface area contributed by atoms with Gasteiger partial charge in [0.15, 0.2) is 0 Å². The molecule has 1 spiro atoms. The Hall–Kier alpha value is -1.72. The minimum atomic E-state index is 0.0164. The normalized spacial score (nSPS) is 23.5. The molecule has 2 saturated heterocycles. The molecule has 0 bridgehead atoms. The number of aromatic nitrogens is 1. The van der Waals surface area contributed by atoms with Crippen LogP contribution in [0.1, 0.15) is 41.4 Å². The Balaban J connectivity index is 1.44. The number of benzene rings is 1. The fourth-order valence-electron chi connectivity index (χ4n) is 4.64. The first-order valence-corrected chi connectivity index (χ1v) is 10.4. The van der Waals surface area contributed by atoms with Gasteiger partial charge in [0.2, 0.25) is 5.91 Å². The van der Waals surface area contributed by atoms with Crippen molar-refractivity contribution in [2.75, 3.05) is 26.7 Å². The largest absolute Gasteiger partial charge is 0.345 e. The molecule has 1 aromatic carbocycles. The van der Waals surface area contributed by atoms with Crippen LogP contribution in [-0.2, 0) is 11.3 Å². The number of carbonyl (C=O) groups is 1. The van der Waals surface area contributed by atoms with Crippen molar-refractivity contribution < 1.29 is 4.79 Å². The lowest BCUT2D eigenvalue weighted by Crippen LogP contribution is -2.52. The van der Waals surface area contributed by atoms with Crippen LogP contribution < -0.4 is 0 Å². The van der Waals surface area contributed by atoms with E-state index in [1.165, 1.54) is 11.3 Å². The molecule has 2 fully saturated rings. The second kappa shape index (κ2) is 7.12. The van der Waals surface area contributed by atoms with Gasteiger partial charge in [0.1, 0.15) is 0 Å². The van der Waals surface area contributed by atoms with E-state index in [0.29, 0.717) is 0 Å². The van der Waals surface area contributed by atoms with E-state index < -0.39 is 0 Å². The van der Waals surface area contributed by atoms with Gasteiger partial charge in [0.25, 0.3) is 0 Å². The van der Waals surface area contributed by atoms with Crippen molar-refractivity contribution in [2.45, 2.75) is 38.6 Å². The van der Waals surface area contributed by atoms with Crippen LogP contribution in [0, 0.1) is 12.3 Å². The summed E-state index contributed by atoms with van der Waals surface area (Å²) in [6.45, 7) is 6.12. The molecule has 2 aliphatic heterocycles. The Labute approximate surface area is 159 Å². The van der Waals surface area contributed by atoms with Crippen LogP contribution in [0.2, 0.25) is 0 Å². The third-order valence-electron chi connectivity index (χ3n) is 6.05. The first kappa shape index (κ1) is 17.7. The SMILES string of the molecule is Cc1nc(CN2CCC3(CC2)CC(c2ccccc2)C(=O)N(C)C3)cs1. The van der Waals surface area contributed by atoms with Crippen molar-refractivity contribution >= 4 is 17.2 Å². The van der Waals surface area contributed by atoms with Gasteiger partial charge in [-0.15, -0.1) is 11.3 Å². The highest BCUT2D eigenvalue weighted by atomic mass is 32.1. The van der Waals surface area contributed by atoms with Crippen LogP contribution in [0.4, 0.5) is 0 Å². The van der Waals surface area contributed by atoms with Gasteiger partial charge in [0, 0.05) is 25.5 Å². The minimum absolute atomic E-state index is 0.0164. The van der Waals surface area contributed by atoms with Crippen LogP contribution >= 0.6 is 11.3 Å². The summed E-state index contributed by atoms with van der Waals surface area (Å²) in [6.07, 6.45) is 3.32. The van der Waals surface area contributed by atoms with Crippen molar-refractivity contribution in [2.24, 2.45) is 5.41 Å². The molecule has 4 nitrogen and oxygen atoms in total. The van der Waals surface area contributed by atoms with E-state index in [1.807, 2.05) is 30.1 Å². The van der Waals surface area contributed by atoms with Gasteiger partial charge in [0.05, 0.1) is 16.6 Å². The zero-order valence-electron chi connectivity index (χ0n) is 15.6. The average Bonchev–Trinajstić information content (AvgIpc) is 3.06. The van der Waals surface area contributed by atoms with Crippen LogP contribution in [0.15, 0.2) is 35.7 Å². The number of piperidine rings is 2. The van der Waals surface area contributed by atoms with E-state index >= 15 is 0 Å². The second-order valence-corrected chi connectivity index (χ2v) is 9.06. The molecule has 1 aromatic heterocycles. The Morgan fingerprint density at radius 1 is 1.23 bits per heavy atom. The zero-order valence-corrected chi connectivity index (χ0v) is 16.5. The van der Waals surface area contributed by atoms with Crippen molar-refractivity contribution in [3.8, 4) is 0 Å². The average molecular weight is 370 g/mol. The predicted molar refractivity (Wildman–Crippen MR) is 105 cm³/mol. The highest BCUT2D eigenvalue weighted by molar-refractivity contribution is 7.09. The number of rotatable bonds is 3. The van der Waals surface area contributed by atoms with Gasteiger partial charge >= 0.3 is 0 Å². The van der Waals surface area contributed by atoms with Gasteiger partial charge in [-0.2, -0.15) is 0 Å². The second-order valence-electron chi connectivity index (χ2n) is 8.00. The van der Waals surface area contributed by atoms with Crippen LogP contribution in [0.3, 0.4) is 0 Å². The van der Waals surface area contributed by atoms with Gasteiger partial charge in [-0.3, -0.25) is 9.69 Å². The number of thiazole rings is 1. The molecule has 0 N–H and O–H groups in total. The zero-order chi connectivity index (χ0) is 18.1. The van der Waals surface area contributed by atoms with Crippen molar-refractivity contribution in [1.29, 1.82) is 0 Å². The fraction of sp³-hybridized carbons (Fsp3) is 0.524. The number of hydrogen-bond acceptors (Lipinski definition) is 4. The summed E-state index contributed by atoms with van der Waals surface area (Å²) in [5.74, 6) is 0.296.